The maximum atomic E-state index is 4.25. The van der Waals surface area contributed by atoms with Crippen molar-refractivity contribution >= 4 is 0 Å². The first-order valence-corrected chi connectivity index (χ1v) is 3.73. The lowest BCUT2D eigenvalue weighted by Crippen LogP contribution is -2.00. The van der Waals surface area contributed by atoms with Gasteiger partial charge in [0, 0.05) is 25.4 Å². The summed E-state index contributed by atoms with van der Waals surface area (Å²) in [7, 11) is 2.04. The number of nitrogens with zero attached hydrogens (tertiary/aromatic N) is 2. The molecule has 0 saturated heterocycles. The summed E-state index contributed by atoms with van der Waals surface area (Å²) in [5.41, 5.74) is 0. The Morgan fingerprint density at radius 3 is 2.80 bits per heavy atom. The van der Waals surface area contributed by atoms with Crippen molar-refractivity contribution < 1.29 is 0 Å². The highest BCUT2D eigenvalue weighted by atomic mass is 15.0. The van der Waals surface area contributed by atoms with E-state index in [9.17, 15) is 0 Å². The molecule has 10 heavy (non-hydrogen) atoms. The van der Waals surface area contributed by atoms with Gasteiger partial charge in [0.1, 0.15) is 5.82 Å². The van der Waals surface area contributed by atoms with Crippen LogP contribution in [0, 0.1) is 0 Å². The zero-order valence-electron chi connectivity index (χ0n) is 6.83. The normalized spacial score (nSPS) is 13.5. The van der Waals surface area contributed by atoms with Crippen LogP contribution in [0.25, 0.3) is 0 Å². The van der Waals surface area contributed by atoms with E-state index in [-0.39, 0.29) is 0 Å². The summed E-state index contributed by atoms with van der Waals surface area (Å²) in [6.07, 6.45) is 4.99. The van der Waals surface area contributed by atoms with E-state index in [4.69, 9.17) is 0 Å². The summed E-state index contributed by atoms with van der Waals surface area (Å²) >= 11 is 0. The van der Waals surface area contributed by atoms with Crippen molar-refractivity contribution in [2.24, 2.45) is 7.05 Å². The van der Waals surface area contributed by atoms with Crippen LogP contribution < -0.4 is 0 Å². The molecule has 0 spiro atoms. The van der Waals surface area contributed by atoms with Crippen LogP contribution in [-0.4, -0.2) is 9.55 Å². The maximum absolute atomic E-state index is 4.25. The summed E-state index contributed by atoms with van der Waals surface area (Å²) in [5.74, 6) is 1.77. The number of rotatable bonds is 2. The van der Waals surface area contributed by atoms with Gasteiger partial charge in [-0.05, 0) is 6.42 Å². The van der Waals surface area contributed by atoms with Crippen LogP contribution in [-0.2, 0) is 7.05 Å². The smallest absolute Gasteiger partial charge is 0.111 e. The Hall–Kier alpha value is -0.790. The van der Waals surface area contributed by atoms with Crippen molar-refractivity contribution in [3.05, 3.63) is 18.2 Å². The highest BCUT2D eigenvalue weighted by molar-refractivity contribution is 4.97. The Morgan fingerprint density at radius 1 is 1.70 bits per heavy atom. The summed E-state index contributed by atoms with van der Waals surface area (Å²) in [5, 5.41) is 0. The van der Waals surface area contributed by atoms with Gasteiger partial charge in [-0.3, -0.25) is 0 Å². The molecule has 1 aromatic rings. The summed E-state index contributed by atoms with van der Waals surface area (Å²) in [6, 6.07) is 0. The molecule has 56 valence electrons. The number of aromatic nitrogens is 2. The van der Waals surface area contributed by atoms with Crippen LogP contribution in [0.5, 0.6) is 0 Å². The van der Waals surface area contributed by atoms with Crippen LogP contribution in [0.15, 0.2) is 12.4 Å². The Morgan fingerprint density at radius 2 is 2.40 bits per heavy atom. The fraction of sp³-hybridized carbons (Fsp3) is 0.625. The van der Waals surface area contributed by atoms with Crippen molar-refractivity contribution in [1.29, 1.82) is 0 Å². The van der Waals surface area contributed by atoms with E-state index in [2.05, 4.69) is 23.4 Å². The van der Waals surface area contributed by atoms with E-state index in [1.807, 2.05) is 19.4 Å². The highest BCUT2D eigenvalue weighted by Gasteiger charge is 2.05. The predicted octanol–water partition coefficient (Wildman–Crippen LogP) is 1.93. The molecule has 0 N–H and O–H groups in total. The van der Waals surface area contributed by atoms with Crippen LogP contribution in [0.3, 0.4) is 0 Å². The second kappa shape index (κ2) is 2.86. The third kappa shape index (κ3) is 1.20. The molecule has 0 amide bonds. The fourth-order valence-electron chi connectivity index (χ4n) is 1.03. The molecular weight excluding hydrogens is 124 g/mol. The van der Waals surface area contributed by atoms with E-state index in [1.165, 1.54) is 5.82 Å². The summed E-state index contributed by atoms with van der Waals surface area (Å²) in [4.78, 5) is 4.25. The van der Waals surface area contributed by atoms with Crippen LogP contribution in [0.1, 0.15) is 32.0 Å². The van der Waals surface area contributed by atoms with Crippen molar-refractivity contribution in [1.82, 2.24) is 9.55 Å². The number of aryl methyl sites for hydroxylation is 1. The third-order valence-corrected chi connectivity index (χ3v) is 1.91. The van der Waals surface area contributed by atoms with Crippen LogP contribution in [0.4, 0.5) is 0 Å². The lowest BCUT2D eigenvalue weighted by molar-refractivity contribution is 0.642. The van der Waals surface area contributed by atoms with Crippen molar-refractivity contribution in [2.75, 3.05) is 0 Å². The Bertz CT molecular complexity index is 203. The lowest BCUT2D eigenvalue weighted by atomic mass is 10.1. The Balaban J connectivity index is 2.82. The van der Waals surface area contributed by atoms with Gasteiger partial charge in [-0.2, -0.15) is 0 Å². The molecule has 1 rings (SSSR count). The SMILES string of the molecule is CC[C@H](C)c1nccn1C. The molecule has 0 aliphatic rings. The zero-order valence-corrected chi connectivity index (χ0v) is 6.83. The Kier molecular flexibility index (Phi) is 2.10. The minimum absolute atomic E-state index is 0.583. The number of imidazole rings is 1. The maximum Gasteiger partial charge on any atom is 0.111 e. The molecule has 0 unspecified atom stereocenters. The first-order valence-electron chi connectivity index (χ1n) is 3.73. The van der Waals surface area contributed by atoms with E-state index < -0.39 is 0 Å². The van der Waals surface area contributed by atoms with E-state index in [0.717, 1.165) is 6.42 Å². The standard InChI is InChI=1S/C8H14N2/c1-4-7(2)8-9-5-6-10(8)3/h5-7H,4H2,1-3H3/t7-/m0/s1. The third-order valence-electron chi connectivity index (χ3n) is 1.91. The summed E-state index contributed by atoms with van der Waals surface area (Å²) in [6.45, 7) is 4.38. The fourth-order valence-corrected chi connectivity index (χ4v) is 1.03. The minimum Gasteiger partial charge on any atom is -0.338 e. The van der Waals surface area contributed by atoms with Gasteiger partial charge >= 0.3 is 0 Å². The van der Waals surface area contributed by atoms with E-state index in [1.54, 1.807) is 0 Å². The van der Waals surface area contributed by atoms with Gasteiger partial charge in [-0.25, -0.2) is 4.98 Å². The number of hydrogen-bond donors (Lipinski definition) is 0. The molecule has 2 nitrogen and oxygen atoms in total. The average Bonchev–Trinajstić information content (AvgIpc) is 2.34. The molecule has 2 heteroatoms. The monoisotopic (exact) mass is 138 g/mol. The highest BCUT2D eigenvalue weighted by Crippen LogP contribution is 2.14. The average molecular weight is 138 g/mol. The van der Waals surface area contributed by atoms with Gasteiger partial charge in [0.15, 0.2) is 0 Å². The van der Waals surface area contributed by atoms with Crippen molar-refractivity contribution in [2.45, 2.75) is 26.2 Å². The van der Waals surface area contributed by atoms with E-state index in [0.29, 0.717) is 5.92 Å². The second-order valence-corrected chi connectivity index (χ2v) is 2.71. The van der Waals surface area contributed by atoms with E-state index >= 15 is 0 Å². The predicted molar refractivity (Wildman–Crippen MR) is 41.9 cm³/mol. The quantitative estimate of drug-likeness (QED) is 0.610. The second-order valence-electron chi connectivity index (χ2n) is 2.71. The number of hydrogen-bond acceptors (Lipinski definition) is 1. The molecule has 0 fully saturated rings. The molecule has 0 aliphatic carbocycles. The molecular formula is C8H14N2. The molecule has 0 aliphatic heterocycles. The zero-order chi connectivity index (χ0) is 7.56. The van der Waals surface area contributed by atoms with Crippen LogP contribution in [0.2, 0.25) is 0 Å². The molecule has 0 aromatic carbocycles. The van der Waals surface area contributed by atoms with Gasteiger partial charge in [0.2, 0.25) is 0 Å². The molecule has 0 saturated carbocycles. The largest absolute Gasteiger partial charge is 0.338 e. The van der Waals surface area contributed by atoms with Crippen molar-refractivity contribution in [3.8, 4) is 0 Å². The summed E-state index contributed by atoms with van der Waals surface area (Å²) < 4.78 is 2.08. The lowest BCUT2D eigenvalue weighted by Gasteiger charge is -2.06. The van der Waals surface area contributed by atoms with Gasteiger partial charge in [-0.15, -0.1) is 0 Å². The van der Waals surface area contributed by atoms with Crippen LogP contribution >= 0.6 is 0 Å². The molecule has 0 bridgehead atoms. The van der Waals surface area contributed by atoms with Gasteiger partial charge in [0.05, 0.1) is 0 Å². The molecule has 1 aromatic heterocycles. The first kappa shape index (κ1) is 7.32. The van der Waals surface area contributed by atoms with Gasteiger partial charge in [-0.1, -0.05) is 13.8 Å². The van der Waals surface area contributed by atoms with Gasteiger partial charge in [0.25, 0.3) is 0 Å². The van der Waals surface area contributed by atoms with Gasteiger partial charge < -0.3 is 4.57 Å². The topological polar surface area (TPSA) is 17.8 Å². The molecule has 1 heterocycles. The molecule has 0 radical (unpaired) electrons. The Labute approximate surface area is 61.9 Å². The minimum atomic E-state index is 0.583. The molecule has 1 atom stereocenters. The first-order chi connectivity index (χ1) is 4.75. The van der Waals surface area contributed by atoms with Crippen molar-refractivity contribution in [3.63, 3.8) is 0 Å².